The predicted molar refractivity (Wildman–Crippen MR) is 240 cm³/mol. The number of aliphatic imine (C=N–C) groups is 2. The molecule has 0 radical (unpaired) electrons. The Bertz CT molecular complexity index is 3360. The Morgan fingerprint density at radius 2 is 1.29 bits per heavy atom. The van der Waals surface area contributed by atoms with E-state index in [2.05, 4.69) is 190 Å². The first-order chi connectivity index (χ1) is 28.7. The quantitative estimate of drug-likeness (QED) is 0.191. The second-order valence-corrected chi connectivity index (χ2v) is 15.2. The minimum absolute atomic E-state index is 0.346. The van der Waals surface area contributed by atoms with Crippen LogP contribution in [0.1, 0.15) is 40.7 Å². The third kappa shape index (κ3) is 5.22. The molecule has 1 aliphatic carbocycles. The van der Waals surface area contributed by atoms with Crippen molar-refractivity contribution < 1.29 is 0 Å². The topological polar surface area (TPSA) is 59.5 Å². The Morgan fingerprint density at radius 3 is 2.12 bits per heavy atom. The van der Waals surface area contributed by atoms with Crippen LogP contribution >= 0.6 is 0 Å². The van der Waals surface area contributed by atoms with Crippen LogP contribution in [0.25, 0.3) is 71.7 Å². The number of hydrogen-bond donors (Lipinski definition) is 1. The van der Waals surface area contributed by atoms with Gasteiger partial charge in [-0.2, -0.15) is 0 Å². The largest absolute Gasteiger partial charge is 0.344 e. The molecule has 1 atom stereocenters. The van der Waals surface area contributed by atoms with Crippen LogP contribution in [0.2, 0.25) is 0 Å². The van der Waals surface area contributed by atoms with Gasteiger partial charge >= 0.3 is 0 Å². The van der Waals surface area contributed by atoms with Crippen molar-refractivity contribution in [1.29, 1.82) is 0 Å². The number of para-hydroxylation sites is 2. The molecule has 1 aliphatic heterocycles. The molecular formula is C52H36N6. The molecule has 2 aliphatic rings. The number of nitrogens with one attached hydrogen (secondary N) is 1. The number of amidine groups is 2. The fourth-order valence-corrected chi connectivity index (χ4v) is 9.08. The van der Waals surface area contributed by atoms with Gasteiger partial charge in [-0.05, 0) is 94.5 Å². The Kier molecular flexibility index (Phi) is 7.32. The molecule has 274 valence electrons. The summed E-state index contributed by atoms with van der Waals surface area (Å²) in [5.41, 5.74) is 11.1. The summed E-state index contributed by atoms with van der Waals surface area (Å²) >= 11 is 0. The van der Waals surface area contributed by atoms with Crippen molar-refractivity contribution in [2.75, 3.05) is 0 Å². The molecule has 6 heteroatoms. The zero-order valence-electron chi connectivity index (χ0n) is 31.5. The van der Waals surface area contributed by atoms with Gasteiger partial charge < -0.3 is 14.5 Å². The van der Waals surface area contributed by atoms with Crippen molar-refractivity contribution in [3.05, 3.63) is 204 Å². The summed E-state index contributed by atoms with van der Waals surface area (Å²) < 4.78 is 4.81. The van der Waals surface area contributed by atoms with Gasteiger partial charge in [-0.15, -0.1) is 0 Å². The fourth-order valence-electron chi connectivity index (χ4n) is 9.08. The minimum atomic E-state index is -0.346. The van der Waals surface area contributed by atoms with Crippen molar-refractivity contribution in [1.82, 2.24) is 19.4 Å². The highest BCUT2D eigenvalue weighted by atomic mass is 15.2. The number of rotatable bonds is 5. The number of aromatic nitrogens is 3. The standard InChI is InChI=1S/C52H36N6/c1-2-16-39(17-3-1)57-46-20-10-8-18-41(46)43-30-44-42-19-9-11-21-47(42)58(49(44)31-48(43)57)40-26-27-45(53-32-40)52-55-50(37-24-22-33-12-4-6-14-35(33)28-37)54-51(56-52)38-25-23-34-13-5-7-15-36(34)29-38/h1-9,11-19,21-32,50H,10,20H2,(H,54,55,56). The first-order valence-corrected chi connectivity index (χ1v) is 19.9. The summed E-state index contributed by atoms with van der Waals surface area (Å²) in [6, 6.07) is 58.3. The monoisotopic (exact) mass is 744 g/mol. The van der Waals surface area contributed by atoms with E-state index in [0.717, 1.165) is 57.6 Å². The summed E-state index contributed by atoms with van der Waals surface area (Å²) in [4.78, 5) is 15.5. The first-order valence-electron chi connectivity index (χ1n) is 19.9. The maximum Gasteiger partial charge on any atom is 0.178 e. The Hall–Kier alpha value is -7.57. The minimum Gasteiger partial charge on any atom is -0.344 e. The molecule has 0 spiro atoms. The van der Waals surface area contributed by atoms with Crippen LogP contribution in [0.4, 0.5) is 0 Å². The molecule has 58 heavy (non-hydrogen) atoms. The molecule has 4 heterocycles. The smallest absolute Gasteiger partial charge is 0.178 e. The first kappa shape index (κ1) is 32.7. The maximum absolute atomic E-state index is 5.20. The zero-order chi connectivity index (χ0) is 38.2. The lowest BCUT2D eigenvalue weighted by Gasteiger charge is -2.24. The van der Waals surface area contributed by atoms with Gasteiger partial charge in [0.1, 0.15) is 17.7 Å². The number of pyridine rings is 1. The van der Waals surface area contributed by atoms with Crippen molar-refractivity contribution in [2.24, 2.45) is 9.98 Å². The Labute approximate surface area is 334 Å². The molecule has 3 aromatic heterocycles. The molecular weight excluding hydrogens is 709 g/mol. The van der Waals surface area contributed by atoms with Crippen molar-refractivity contribution in [2.45, 2.75) is 19.0 Å². The molecule has 0 amide bonds. The van der Waals surface area contributed by atoms with Gasteiger partial charge in [0.15, 0.2) is 5.84 Å². The maximum atomic E-state index is 5.20. The average Bonchev–Trinajstić information content (AvgIpc) is 3.80. The lowest BCUT2D eigenvalue weighted by Crippen LogP contribution is -2.33. The van der Waals surface area contributed by atoms with E-state index in [1.807, 2.05) is 6.20 Å². The van der Waals surface area contributed by atoms with Crippen LogP contribution in [0.5, 0.6) is 0 Å². The molecule has 7 aromatic carbocycles. The summed E-state index contributed by atoms with van der Waals surface area (Å²) in [5, 5.41) is 12.1. The lowest BCUT2D eigenvalue weighted by molar-refractivity contribution is 0.674. The highest BCUT2D eigenvalue weighted by Crippen LogP contribution is 2.40. The summed E-state index contributed by atoms with van der Waals surface area (Å²) in [7, 11) is 0. The van der Waals surface area contributed by atoms with Crippen LogP contribution in [0.15, 0.2) is 186 Å². The molecule has 6 nitrogen and oxygen atoms in total. The highest BCUT2D eigenvalue weighted by Gasteiger charge is 2.24. The van der Waals surface area contributed by atoms with E-state index in [0.29, 0.717) is 5.84 Å². The molecule has 0 fully saturated rings. The number of allylic oxidation sites excluding steroid dienone is 1. The molecule has 12 rings (SSSR count). The second-order valence-electron chi connectivity index (χ2n) is 15.2. The zero-order valence-corrected chi connectivity index (χ0v) is 31.5. The van der Waals surface area contributed by atoms with Crippen LogP contribution < -0.4 is 5.32 Å². The van der Waals surface area contributed by atoms with Crippen LogP contribution in [-0.4, -0.2) is 25.8 Å². The van der Waals surface area contributed by atoms with Gasteiger partial charge in [0, 0.05) is 38.7 Å². The van der Waals surface area contributed by atoms with Gasteiger partial charge in [0.25, 0.3) is 0 Å². The van der Waals surface area contributed by atoms with E-state index >= 15 is 0 Å². The third-order valence-corrected chi connectivity index (χ3v) is 11.8. The van der Waals surface area contributed by atoms with Crippen LogP contribution in [0, 0.1) is 0 Å². The Morgan fingerprint density at radius 1 is 0.552 bits per heavy atom. The molecule has 1 N–H and O–H groups in total. The van der Waals surface area contributed by atoms with Crippen molar-refractivity contribution in [3.63, 3.8) is 0 Å². The number of fused-ring (bicyclic) bond motifs is 8. The predicted octanol–water partition coefficient (Wildman–Crippen LogP) is 11.9. The fraction of sp³-hybridized carbons (Fsp3) is 0.0577. The van der Waals surface area contributed by atoms with E-state index in [9.17, 15) is 0 Å². The number of benzene rings is 7. The lowest BCUT2D eigenvalue weighted by atomic mass is 10.0. The van der Waals surface area contributed by atoms with Gasteiger partial charge in [0.2, 0.25) is 0 Å². The number of hydrogen-bond acceptors (Lipinski definition) is 4. The van der Waals surface area contributed by atoms with Crippen molar-refractivity contribution in [3.8, 4) is 11.4 Å². The van der Waals surface area contributed by atoms with Gasteiger partial charge in [-0.1, -0.05) is 121 Å². The summed E-state index contributed by atoms with van der Waals surface area (Å²) in [6.07, 6.45) is 8.30. The molecule has 0 bridgehead atoms. The van der Waals surface area contributed by atoms with E-state index < -0.39 is 0 Å². The highest BCUT2D eigenvalue weighted by molar-refractivity contribution is 6.15. The van der Waals surface area contributed by atoms with E-state index in [-0.39, 0.29) is 6.17 Å². The SMILES string of the molecule is C1=Cc2c(n(-c3ccccc3)c3cc4c(cc23)c2ccccc2n4-c2ccc(C3=NC(c4ccc5ccccc5c4)NC(c4ccc5ccccc5c4)=N3)nc2)CC1. The molecule has 10 aromatic rings. The normalized spacial score (nSPS) is 15.2. The summed E-state index contributed by atoms with van der Waals surface area (Å²) in [6.45, 7) is 0. The van der Waals surface area contributed by atoms with Crippen molar-refractivity contribution >= 4 is 72.0 Å². The van der Waals surface area contributed by atoms with Gasteiger partial charge in [0.05, 0.1) is 28.4 Å². The average molecular weight is 745 g/mol. The molecule has 1 unspecified atom stereocenters. The van der Waals surface area contributed by atoms with Crippen LogP contribution in [0.3, 0.4) is 0 Å². The van der Waals surface area contributed by atoms with E-state index in [1.165, 1.54) is 54.8 Å². The Balaban J connectivity index is 1.00. The van der Waals surface area contributed by atoms with Gasteiger partial charge in [-0.3, -0.25) is 4.98 Å². The van der Waals surface area contributed by atoms with Crippen LogP contribution in [-0.2, 0) is 6.42 Å². The summed E-state index contributed by atoms with van der Waals surface area (Å²) in [5.74, 6) is 1.36. The second kappa shape index (κ2) is 13.0. The van der Waals surface area contributed by atoms with Gasteiger partial charge in [-0.25, -0.2) is 9.98 Å². The van der Waals surface area contributed by atoms with E-state index in [1.54, 1.807) is 0 Å². The van der Waals surface area contributed by atoms with E-state index in [4.69, 9.17) is 15.0 Å². The molecule has 0 saturated carbocycles. The third-order valence-electron chi connectivity index (χ3n) is 11.8. The number of nitrogens with zero attached hydrogens (tertiary/aromatic N) is 5. The molecule has 0 saturated heterocycles.